The predicted octanol–water partition coefficient (Wildman–Crippen LogP) is 2.33. The third kappa shape index (κ3) is 11.3. The Labute approximate surface area is 94.8 Å². The molecule has 0 spiro atoms. The summed E-state index contributed by atoms with van der Waals surface area (Å²) < 4.78 is 0. The first-order valence-electron chi connectivity index (χ1n) is 5.88. The van der Waals surface area contributed by atoms with Gasteiger partial charge in [0.2, 0.25) is 0 Å². The van der Waals surface area contributed by atoms with Gasteiger partial charge in [0.1, 0.15) is 0 Å². The molecular formula is C13H27NO. The van der Waals surface area contributed by atoms with Crippen LogP contribution in [0.2, 0.25) is 0 Å². The van der Waals surface area contributed by atoms with E-state index >= 15 is 0 Å². The highest BCUT2D eigenvalue weighted by molar-refractivity contribution is 4.79. The van der Waals surface area contributed by atoms with Gasteiger partial charge in [0.25, 0.3) is 0 Å². The molecule has 0 rings (SSSR count). The fraction of sp³-hybridized carbons (Fsp3) is 0.692. The average Bonchev–Trinajstić information content (AvgIpc) is 2.18. The summed E-state index contributed by atoms with van der Waals surface area (Å²) in [6.07, 6.45) is 10.3. The zero-order valence-corrected chi connectivity index (χ0v) is 10.1. The van der Waals surface area contributed by atoms with Crippen LogP contribution in [0.1, 0.15) is 39.0 Å². The van der Waals surface area contributed by atoms with Crippen molar-refractivity contribution in [3.8, 4) is 0 Å². The van der Waals surface area contributed by atoms with Gasteiger partial charge in [-0.2, -0.15) is 0 Å². The standard InChI is InChI=1S/C13H25N.H2O/c1-4-7-11-14-12-10-13(8-5-2)9-6-3;/h5-6,13-14H,2-4,7-12H2,1H3;1H2. The average molecular weight is 213 g/mol. The van der Waals surface area contributed by atoms with Crippen LogP contribution in [0, 0.1) is 5.92 Å². The van der Waals surface area contributed by atoms with E-state index in [1.54, 1.807) is 0 Å². The highest BCUT2D eigenvalue weighted by Crippen LogP contribution is 2.12. The maximum atomic E-state index is 3.80. The summed E-state index contributed by atoms with van der Waals surface area (Å²) in [5.74, 6) is 0.767. The quantitative estimate of drug-likeness (QED) is 0.439. The molecule has 0 saturated carbocycles. The lowest BCUT2D eigenvalue weighted by Crippen LogP contribution is -2.84. The van der Waals surface area contributed by atoms with Gasteiger partial charge in [0.15, 0.2) is 0 Å². The molecule has 2 heteroatoms. The van der Waals surface area contributed by atoms with E-state index in [4.69, 9.17) is 0 Å². The van der Waals surface area contributed by atoms with Gasteiger partial charge in [-0.05, 0) is 31.6 Å². The normalized spacial score (nSPS) is 9.73. The molecule has 0 atom stereocenters. The van der Waals surface area contributed by atoms with Crippen LogP contribution in [0.4, 0.5) is 0 Å². The van der Waals surface area contributed by atoms with Crippen LogP contribution in [-0.4, -0.2) is 18.6 Å². The lowest BCUT2D eigenvalue weighted by molar-refractivity contribution is -0.656. The van der Waals surface area contributed by atoms with Crippen molar-refractivity contribution >= 4 is 0 Å². The van der Waals surface area contributed by atoms with E-state index in [1.165, 1.54) is 32.4 Å². The molecule has 0 aromatic rings. The minimum Gasteiger partial charge on any atom is -0.870 e. The number of hydrogen-bond donors (Lipinski definition) is 1. The molecule has 0 saturated heterocycles. The van der Waals surface area contributed by atoms with E-state index in [0.717, 1.165) is 18.8 Å². The van der Waals surface area contributed by atoms with E-state index in [-0.39, 0.29) is 5.48 Å². The maximum absolute atomic E-state index is 3.80. The van der Waals surface area contributed by atoms with Gasteiger partial charge in [0, 0.05) is 0 Å². The summed E-state index contributed by atoms with van der Waals surface area (Å²) in [5.41, 5.74) is 0. The summed E-state index contributed by atoms with van der Waals surface area (Å²) in [4.78, 5) is 0. The van der Waals surface area contributed by atoms with Crippen molar-refractivity contribution in [3.63, 3.8) is 0 Å². The third-order valence-electron chi connectivity index (χ3n) is 2.54. The molecule has 0 unspecified atom stereocenters. The van der Waals surface area contributed by atoms with Crippen LogP contribution in [0.5, 0.6) is 0 Å². The van der Waals surface area contributed by atoms with Gasteiger partial charge in [-0.1, -0.05) is 25.5 Å². The van der Waals surface area contributed by atoms with E-state index in [1.807, 2.05) is 12.2 Å². The van der Waals surface area contributed by atoms with Crippen molar-refractivity contribution in [1.29, 1.82) is 0 Å². The van der Waals surface area contributed by atoms with Crippen molar-refractivity contribution in [2.45, 2.75) is 39.0 Å². The SMILES string of the molecule is C=CCC(CC=C)CC[NH2+]CCCC.[OH-]. The number of hydrogen-bond acceptors (Lipinski definition) is 1. The van der Waals surface area contributed by atoms with Crippen molar-refractivity contribution in [1.82, 2.24) is 0 Å². The molecule has 90 valence electrons. The largest absolute Gasteiger partial charge is 0.870 e. The second kappa shape index (κ2) is 13.4. The minimum atomic E-state index is 0. The molecule has 0 aliphatic carbocycles. The Balaban J connectivity index is 0. The zero-order chi connectivity index (χ0) is 10.6. The first-order valence-corrected chi connectivity index (χ1v) is 5.88. The van der Waals surface area contributed by atoms with Gasteiger partial charge >= 0.3 is 0 Å². The Hall–Kier alpha value is -0.600. The van der Waals surface area contributed by atoms with Gasteiger partial charge in [-0.15, -0.1) is 13.2 Å². The van der Waals surface area contributed by atoms with Crippen LogP contribution in [0.3, 0.4) is 0 Å². The number of quaternary nitrogens is 1. The molecule has 0 aliphatic heterocycles. The third-order valence-corrected chi connectivity index (χ3v) is 2.54. The predicted molar refractivity (Wildman–Crippen MR) is 66.2 cm³/mol. The highest BCUT2D eigenvalue weighted by Gasteiger charge is 2.05. The first-order chi connectivity index (χ1) is 6.85. The van der Waals surface area contributed by atoms with Crippen molar-refractivity contribution in [2.75, 3.05) is 13.1 Å². The zero-order valence-electron chi connectivity index (χ0n) is 10.1. The number of nitrogens with two attached hydrogens (primary N) is 1. The molecule has 0 aromatic carbocycles. The second-order valence-electron chi connectivity index (χ2n) is 3.92. The van der Waals surface area contributed by atoms with E-state index in [0.29, 0.717) is 0 Å². The number of unbranched alkanes of at least 4 members (excludes halogenated alkanes) is 1. The molecule has 0 fully saturated rings. The van der Waals surface area contributed by atoms with Gasteiger partial charge in [-0.25, -0.2) is 0 Å². The lowest BCUT2D eigenvalue weighted by Gasteiger charge is -2.11. The smallest absolute Gasteiger partial charge is 0.0758 e. The van der Waals surface area contributed by atoms with E-state index in [9.17, 15) is 0 Å². The highest BCUT2D eigenvalue weighted by atomic mass is 16.0. The first kappa shape index (κ1) is 16.8. The summed E-state index contributed by atoms with van der Waals surface area (Å²) in [6.45, 7) is 12.4. The fourth-order valence-electron chi connectivity index (χ4n) is 1.65. The summed E-state index contributed by atoms with van der Waals surface area (Å²) >= 11 is 0. The van der Waals surface area contributed by atoms with E-state index < -0.39 is 0 Å². The van der Waals surface area contributed by atoms with Crippen LogP contribution in [0.25, 0.3) is 0 Å². The Morgan fingerprint density at radius 3 is 2.20 bits per heavy atom. The molecule has 0 aromatic heterocycles. The Bertz CT molecular complexity index is 135. The van der Waals surface area contributed by atoms with Crippen LogP contribution in [-0.2, 0) is 0 Å². The molecular weight excluding hydrogens is 186 g/mol. The van der Waals surface area contributed by atoms with Crippen LogP contribution >= 0.6 is 0 Å². The monoisotopic (exact) mass is 213 g/mol. The molecule has 3 N–H and O–H groups in total. The fourth-order valence-corrected chi connectivity index (χ4v) is 1.65. The number of rotatable bonds is 10. The maximum Gasteiger partial charge on any atom is 0.0758 e. The molecule has 15 heavy (non-hydrogen) atoms. The molecule has 2 nitrogen and oxygen atoms in total. The Kier molecular flexibility index (Phi) is 15.0. The molecule has 0 bridgehead atoms. The topological polar surface area (TPSA) is 46.6 Å². The second-order valence-corrected chi connectivity index (χ2v) is 3.92. The van der Waals surface area contributed by atoms with Crippen molar-refractivity contribution < 1.29 is 10.8 Å². The molecule has 0 aliphatic rings. The lowest BCUT2D eigenvalue weighted by atomic mass is 9.97. The van der Waals surface area contributed by atoms with Gasteiger partial charge in [0.05, 0.1) is 13.1 Å². The molecule has 0 amide bonds. The summed E-state index contributed by atoms with van der Waals surface area (Å²) in [6, 6.07) is 0. The Morgan fingerprint density at radius 2 is 1.73 bits per heavy atom. The van der Waals surface area contributed by atoms with Crippen LogP contribution in [0.15, 0.2) is 25.3 Å². The molecule has 0 radical (unpaired) electrons. The van der Waals surface area contributed by atoms with Crippen molar-refractivity contribution in [2.24, 2.45) is 5.92 Å². The van der Waals surface area contributed by atoms with Gasteiger partial charge in [-0.3, -0.25) is 0 Å². The van der Waals surface area contributed by atoms with Gasteiger partial charge < -0.3 is 10.8 Å². The number of allylic oxidation sites excluding steroid dienone is 2. The summed E-state index contributed by atoms with van der Waals surface area (Å²) in [7, 11) is 0. The summed E-state index contributed by atoms with van der Waals surface area (Å²) in [5, 5.41) is 2.43. The van der Waals surface area contributed by atoms with Crippen LogP contribution < -0.4 is 5.32 Å². The minimum absolute atomic E-state index is 0. The Morgan fingerprint density at radius 1 is 1.13 bits per heavy atom. The molecule has 0 heterocycles. The van der Waals surface area contributed by atoms with E-state index in [2.05, 4.69) is 25.4 Å². The van der Waals surface area contributed by atoms with Crippen molar-refractivity contribution in [3.05, 3.63) is 25.3 Å².